The molecule has 2 aromatic heterocycles. The van der Waals surface area contributed by atoms with Crippen molar-refractivity contribution in [2.24, 2.45) is 7.05 Å². The molecule has 1 aliphatic heterocycles. The Hall–Kier alpha value is -2.74. The van der Waals surface area contributed by atoms with Gasteiger partial charge in [-0.25, -0.2) is 4.98 Å². The van der Waals surface area contributed by atoms with E-state index in [1.807, 2.05) is 29.9 Å². The Labute approximate surface area is 155 Å². The van der Waals surface area contributed by atoms with Crippen molar-refractivity contribution in [3.05, 3.63) is 41.7 Å². The number of imidazole rings is 1. The van der Waals surface area contributed by atoms with Crippen LogP contribution in [0.15, 0.2) is 30.6 Å². The molecule has 1 amide bonds. The minimum atomic E-state index is -0.0680. The van der Waals surface area contributed by atoms with Gasteiger partial charge in [-0.2, -0.15) is 0 Å². The average molecular weight is 369 g/mol. The van der Waals surface area contributed by atoms with Gasteiger partial charge in [0, 0.05) is 25.9 Å². The molecule has 0 fully saturated rings. The molecule has 3 heterocycles. The highest BCUT2D eigenvalue weighted by Gasteiger charge is 2.14. The number of fused-ring (bicyclic) bond motifs is 1. The second-order valence-electron chi connectivity index (χ2n) is 6.22. The smallest absolute Gasteiger partial charge is 0.226 e. The summed E-state index contributed by atoms with van der Waals surface area (Å²) < 4.78 is 7.49. The highest BCUT2D eigenvalue weighted by atomic mass is 32.1. The molecule has 0 radical (unpaired) electrons. The first-order chi connectivity index (χ1) is 12.7. The summed E-state index contributed by atoms with van der Waals surface area (Å²) in [5.41, 5.74) is 2.38. The number of ether oxygens (including phenoxy) is 1. The summed E-state index contributed by atoms with van der Waals surface area (Å²) in [4.78, 5) is 16.5. The Morgan fingerprint density at radius 2 is 2.31 bits per heavy atom. The zero-order valence-electron chi connectivity index (χ0n) is 14.4. The maximum Gasteiger partial charge on any atom is 0.226 e. The highest BCUT2D eigenvalue weighted by Crippen LogP contribution is 2.27. The number of amides is 1. The monoisotopic (exact) mass is 369 g/mol. The molecular weight excluding hydrogens is 350 g/mol. The number of aromatic nitrogens is 4. The van der Waals surface area contributed by atoms with Gasteiger partial charge in [-0.15, -0.1) is 10.2 Å². The van der Waals surface area contributed by atoms with Crippen LogP contribution < -0.4 is 10.1 Å². The van der Waals surface area contributed by atoms with E-state index in [-0.39, 0.29) is 5.91 Å². The zero-order valence-corrected chi connectivity index (χ0v) is 15.3. The minimum Gasteiger partial charge on any atom is -0.493 e. The van der Waals surface area contributed by atoms with E-state index in [2.05, 4.69) is 26.6 Å². The molecule has 0 aliphatic carbocycles. The van der Waals surface area contributed by atoms with Gasteiger partial charge in [-0.05, 0) is 36.5 Å². The molecule has 0 atom stereocenters. The van der Waals surface area contributed by atoms with Crippen LogP contribution in [0.5, 0.6) is 5.75 Å². The van der Waals surface area contributed by atoms with Gasteiger partial charge in [0.25, 0.3) is 0 Å². The lowest BCUT2D eigenvalue weighted by Crippen LogP contribution is -2.12. The summed E-state index contributed by atoms with van der Waals surface area (Å²) in [6.45, 7) is 0.789. The van der Waals surface area contributed by atoms with E-state index in [9.17, 15) is 4.79 Å². The van der Waals surface area contributed by atoms with Crippen molar-refractivity contribution < 1.29 is 9.53 Å². The Kier molecular flexibility index (Phi) is 4.66. The zero-order chi connectivity index (χ0) is 17.9. The van der Waals surface area contributed by atoms with Crippen molar-refractivity contribution in [1.29, 1.82) is 0 Å². The first kappa shape index (κ1) is 16.7. The molecule has 1 aliphatic rings. The quantitative estimate of drug-likeness (QED) is 0.748. The number of rotatable bonds is 5. The van der Waals surface area contributed by atoms with Crippen molar-refractivity contribution in [2.45, 2.75) is 25.7 Å². The van der Waals surface area contributed by atoms with Crippen LogP contribution in [0, 0.1) is 0 Å². The molecule has 1 N–H and O–H groups in total. The molecule has 134 valence electrons. The fourth-order valence-corrected chi connectivity index (χ4v) is 3.74. The molecular formula is C18H19N5O2S. The van der Waals surface area contributed by atoms with Gasteiger partial charge < -0.3 is 14.6 Å². The van der Waals surface area contributed by atoms with E-state index in [1.165, 1.54) is 16.9 Å². The Morgan fingerprint density at radius 3 is 3.15 bits per heavy atom. The lowest BCUT2D eigenvalue weighted by molar-refractivity contribution is -0.116. The third-order valence-electron chi connectivity index (χ3n) is 4.30. The summed E-state index contributed by atoms with van der Waals surface area (Å²) in [5, 5.41) is 12.1. The Morgan fingerprint density at radius 1 is 1.38 bits per heavy atom. The van der Waals surface area contributed by atoms with Crippen LogP contribution in [0.3, 0.4) is 0 Å². The van der Waals surface area contributed by atoms with Gasteiger partial charge in [0.2, 0.25) is 11.0 Å². The topological polar surface area (TPSA) is 81.9 Å². The van der Waals surface area contributed by atoms with E-state index < -0.39 is 0 Å². The number of carbonyl (C=O) groups excluding carboxylic acids is 1. The molecule has 0 saturated heterocycles. The number of nitrogens with zero attached hydrogens (tertiary/aromatic N) is 4. The second-order valence-corrected chi connectivity index (χ2v) is 7.19. The van der Waals surface area contributed by atoms with E-state index in [1.54, 1.807) is 6.20 Å². The summed E-state index contributed by atoms with van der Waals surface area (Å²) >= 11 is 1.32. The minimum absolute atomic E-state index is 0.0680. The molecule has 26 heavy (non-hydrogen) atoms. The highest BCUT2D eigenvalue weighted by molar-refractivity contribution is 7.18. The van der Waals surface area contributed by atoms with Crippen molar-refractivity contribution in [3.8, 4) is 16.6 Å². The van der Waals surface area contributed by atoms with Gasteiger partial charge >= 0.3 is 0 Å². The number of hydrogen-bond donors (Lipinski definition) is 1. The summed E-state index contributed by atoms with van der Waals surface area (Å²) in [5.74, 6) is 1.64. The van der Waals surface area contributed by atoms with Crippen LogP contribution in [-0.4, -0.2) is 32.3 Å². The standard InChI is InChI=1S/C18H19N5O2S/c1-23-9-8-19-16(23)17-21-22-18(26-17)20-15(24)7-5-12-4-6-14-13(11-12)3-2-10-25-14/h4,6,8-9,11H,2-3,5,7,10H2,1H3,(H,20,22,24). The first-order valence-corrected chi connectivity index (χ1v) is 9.36. The fraction of sp³-hybridized carbons (Fsp3) is 0.333. The molecule has 4 rings (SSSR count). The average Bonchev–Trinajstić information content (AvgIpc) is 3.28. The number of anilines is 1. The fourth-order valence-electron chi connectivity index (χ4n) is 2.94. The molecule has 0 unspecified atom stereocenters. The third kappa shape index (κ3) is 3.60. The number of carbonyl (C=O) groups is 1. The largest absolute Gasteiger partial charge is 0.493 e. The van der Waals surface area contributed by atoms with Crippen molar-refractivity contribution >= 4 is 22.4 Å². The lowest BCUT2D eigenvalue weighted by Gasteiger charge is -2.17. The molecule has 0 bridgehead atoms. The van der Waals surface area contributed by atoms with Crippen LogP contribution in [0.4, 0.5) is 5.13 Å². The van der Waals surface area contributed by atoms with Gasteiger partial charge in [0.15, 0.2) is 10.8 Å². The Balaban J connectivity index is 1.34. The maximum absolute atomic E-state index is 12.2. The third-order valence-corrected chi connectivity index (χ3v) is 5.13. The van der Waals surface area contributed by atoms with Crippen LogP contribution in [0.1, 0.15) is 24.0 Å². The van der Waals surface area contributed by atoms with Crippen molar-refractivity contribution in [3.63, 3.8) is 0 Å². The van der Waals surface area contributed by atoms with Crippen LogP contribution >= 0.6 is 11.3 Å². The van der Waals surface area contributed by atoms with Crippen LogP contribution in [0.2, 0.25) is 0 Å². The summed E-state index contributed by atoms with van der Waals surface area (Å²) in [6.07, 6.45) is 6.72. The second kappa shape index (κ2) is 7.25. The normalized spacial score (nSPS) is 13.1. The van der Waals surface area contributed by atoms with Gasteiger partial charge in [0.1, 0.15) is 5.75 Å². The first-order valence-electron chi connectivity index (χ1n) is 8.55. The van der Waals surface area contributed by atoms with Crippen LogP contribution in [0.25, 0.3) is 10.8 Å². The maximum atomic E-state index is 12.2. The molecule has 0 saturated carbocycles. The van der Waals surface area contributed by atoms with Crippen molar-refractivity contribution in [2.75, 3.05) is 11.9 Å². The molecule has 8 heteroatoms. The molecule has 3 aromatic rings. The number of nitrogens with one attached hydrogen (secondary N) is 1. The van der Waals surface area contributed by atoms with E-state index >= 15 is 0 Å². The van der Waals surface area contributed by atoms with Gasteiger partial charge in [-0.1, -0.05) is 23.5 Å². The van der Waals surface area contributed by atoms with E-state index in [0.29, 0.717) is 23.0 Å². The Bertz CT molecular complexity index is 933. The number of hydrogen-bond acceptors (Lipinski definition) is 6. The molecule has 1 aromatic carbocycles. The molecule has 7 nitrogen and oxygen atoms in total. The number of aryl methyl sites for hydroxylation is 3. The predicted octanol–water partition coefficient (Wildman–Crippen LogP) is 2.83. The van der Waals surface area contributed by atoms with E-state index in [4.69, 9.17) is 4.74 Å². The van der Waals surface area contributed by atoms with Crippen molar-refractivity contribution in [1.82, 2.24) is 19.7 Å². The summed E-state index contributed by atoms with van der Waals surface area (Å²) in [7, 11) is 1.89. The molecule has 0 spiro atoms. The van der Waals surface area contributed by atoms with Gasteiger partial charge in [-0.3, -0.25) is 4.79 Å². The predicted molar refractivity (Wildman–Crippen MR) is 99.3 cm³/mol. The summed E-state index contributed by atoms with van der Waals surface area (Å²) in [6, 6.07) is 6.18. The van der Waals surface area contributed by atoms with Crippen LogP contribution in [-0.2, 0) is 24.7 Å². The number of benzene rings is 1. The SMILES string of the molecule is Cn1ccnc1-c1nnc(NC(=O)CCc2ccc3c(c2)CCCO3)s1. The lowest BCUT2D eigenvalue weighted by atomic mass is 10.0. The van der Waals surface area contributed by atoms with Gasteiger partial charge in [0.05, 0.1) is 6.61 Å². The van der Waals surface area contributed by atoms with E-state index in [0.717, 1.165) is 36.6 Å².